The number of aromatic nitrogens is 2. The first-order chi connectivity index (χ1) is 13.6. The lowest BCUT2D eigenvalue weighted by Crippen LogP contribution is -2.14. The van der Waals surface area contributed by atoms with Crippen molar-refractivity contribution in [1.82, 2.24) is 9.97 Å². The molecular formula is C21H22N4O3. The monoisotopic (exact) mass is 378 g/mol. The molecule has 3 rings (SSSR count). The van der Waals surface area contributed by atoms with Crippen LogP contribution in [0.4, 0.5) is 17.2 Å². The number of methoxy groups -OCH3 is 2. The van der Waals surface area contributed by atoms with Gasteiger partial charge in [-0.15, -0.1) is 0 Å². The Morgan fingerprint density at radius 1 is 0.929 bits per heavy atom. The summed E-state index contributed by atoms with van der Waals surface area (Å²) in [6, 6.07) is 14.7. The van der Waals surface area contributed by atoms with Crippen LogP contribution in [-0.4, -0.2) is 30.1 Å². The third kappa shape index (κ3) is 4.56. The van der Waals surface area contributed by atoms with Gasteiger partial charge in [0.25, 0.3) is 5.91 Å². The average molecular weight is 378 g/mol. The average Bonchev–Trinajstić information content (AvgIpc) is 2.74. The Bertz CT molecular complexity index is 958. The van der Waals surface area contributed by atoms with Crippen LogP contribution in [0.2, 0.25) is 0 Å². The van der Waals surface area contributed by atoms with Crippen molar-refractivity contribution in [2.75, 3.05) is 24.9 Å². The summed E-state index contributed by atoms with van der Waals surface area (Å²) >= 11 is 0. The van der Waals surface area contributed by atoms with Crippen LogP contribution in [0, 0.1) is 0 Å². The molecule has 0 saturated heterocycles. The normalized spacial score (nSPS) is 10.2. The van der Waals surface area contributed by atoms with E-state index in [4.69, 9.17) is 9.47 Å². The molecule has 7 heteroatoms. The lowest BCUT2D eigenvalue weighted by Gasteiger charge is -2.11. The Morgan fingerprint density at radius 3 is 2.32 bits per heavy atom. The Balaban J connectivity index is 1.73. The molecule has 144 valence electrons. The molecule has 1 amide bonds. The van der Waals surface area contributed by atoms with Crippen molar-refractivity contribution in [3.05, 3.63) is 66.1 Å². The summed E-state index contributed by atoms with van der Waals surface area (Å²) in [5, 5.41) is 5.98. The number of nitrogens with one attached hydrogen (secondary N) is 2. The van der Waals surface area contributed by atoms with Gasteiger partial charge in [0.05, 0.1) is 14.2 Å². The molecule has 3 aromatic rings. The van der Waals surface area contributed by atoms with Crippen molar-refractivity contribution in [2.45, 2.75) is 13.3 Å². The minimum atomic E-state index is -0.304. The fourth-order valence-corrected chi connectivity index (χ4v) is 2.63. The standard InChI is InChI=1S/C21H22N4O3/c1-4-14-5-7-15(8-6-14)25-21(26)17-12-20(23-13-22-17)24-16-9-10-18(27-2)19(11-16)28-3/h5-13H,4H2,1-3H3,(H,25,26)(H,22,23,24). The number of carbonyl (C=O) groups excluding carboxylic acids is 1. The first-order valence-electron chi connectivity index (χ1n) is 8.84. The van der Waals surface area contributed by atoms with Crippen molar-refractivity contribution in [2.24, 2.45) is 0 Å². The highest BCUT2D eigenvalue weighted by atomic mass is 16.5. The van der Waals surface area contributed by atoms with Crippen molar-refractivity contribution in [1.29, 1.82) is 0 Å². The summed E-state index contributed by atoms with van der Waals surface area (Å²) in [6.45, 7) is 2.08. The van der Waals surface area contributed by atoms with Crippen LogP contribution in [0.15, 0.2) is 54.9 Å². The van der Waals surface area contributed by atoms with Gasteiger partial charge >= 0.3 is 0 Å². The molecule has 0 unspecified atom stereocenters. The third-order valence-electron chi connectivity index (χ3n) is 4.18. The number of carbonyl (C=O) groups is 1. The van der Waals surface area contributed by atoms with Gasteiger partial charge in [-0.3, -0.25) is 4.79 Å². The number of hydrogen-bond acceptors (Lipinski definition) is 6. The molecule has 1 aromatic heterocycles. The molecule has 2 N–H and O–H groups in total. The van der Waals surface area contributed by atoms with E-state index in [9.17, 15) is 4.79 Å². The highest BCUT2D eigenvalue weighted by Gasteiger charge is 2.10. The van der Waals surface area contributed by atoms with Gasteiger partial charge < -0.3 is 20.1 Å². The summed E-state index contributed by atoms with van der Waals surface area (Å²) in [4.78, 5) is 20.7. The second-order valence-electron chi connectivity index (χ2n) is 5.99. The van der Waals surface area contributed by atoms with Crippen LogP contribution < -0.4 is 20.1 Å². The number of rotatable bonds is 7. The van der Waals surface area contributed by atoms with E-state index < -0.39 is 0 Å². The second kappa shape index (κ2) is 8.85. The molecule has 1 heterocycles. The van der Waals surface area contributed by atoms with E-state index in [2.05, 4.69) is 27.5 Å². The topological polar surface area (TPSA) is 85.4 Å². The molecule has 0 saturated carbocycles. The van der Waals surface area contributed by atoms with Gasteiger partial charge in [0.1, 0.15) is 17.8 Å². The Kier molecular flexibility index (Phi) is 6.06. The minimum Gasteiger partial charge on any atom is -0.493 e. The first-order valence-corrected chi connectivity index (χ1v) is 8.84. The predicted molar refractivity (Wildman–Crippen MR) is 109 cm³/mol. The Hall–Kier alpha value is -3.61. The number of benzene rings is 2. The highest BCUT2D eigenvalue weighted by Crippen LogP contribution is 2.30. The van der Waals surface area contributed by atoms with E-state index in [0.717, 1.165) is 17.8 Å². The van der Waals surface area contributed by atoms with Crippen molar-refractivity contribution < 1.29 is 14.3 Å². The third-order valence-corrected chi connectivity index (χ3v) is 4.18. The summed E-state index contributed by atoms with van der Waals surface area (Å²) in [5.41, 5.74) is 2.94. The number of nitrogens with zero attached hydrogens (tertiary/aromatic N) is 2. The molecule has 0 aliphatic heterocycles. The first kappa shape index (κ1) is 19.2. The highest BCUT2D eigenvalue weighted by molar-refractivity contribution is 6.03. The van der Waals surface area contributed by atoms with Crippen LogP contribution in [-0.2, 0) is 6.42 Å². The molecule has 0 spiro atoms. The molecule has 0 aliphatic carbocycles. The van der Waals surface area contributed by atoms with E-state index >= 15 is 0 Å². The van der Waals surface area contributed by atoms with E-state index in [1.165, 1.54) is 11.9 Å². The predicted octanol–water partition coefficient (Wildman–Crippen LogP) is 4.05. The van der Waals surface area contributed by atoms with Gasteiger partial charge in [0, 0.05) is 23.5 Å². The van der Waals surface area contributed by atoms with Gasteiger partial charge in [-0.1, -0.05) is 19.1 Å². The molecule has 0 atom stereocenters. The molecule has 28 heavy (non-hydrogen) atoms. The van der Waals surface area contributed by atoms with Crippen LogP contribution in [0.1, 0.15) is 23.0 Å². The van der Waals surface area contributed by atoms with Gasteiger partial charge in [-0.25, -0.2) is 9.97 Å². The molecule has 0 radical (unpaired) electrons. The Morgan fingerprint density at radius 2 is 1.64 bits per heavy atom. The number of amides is 1. The maximum Gasteiger partial charge on any atom is 0.274 e. The molecule has 2 aromatic carbocycles. The van der Waals surface area contributed by atoms with Crippen molar-refractivity contribution in [3.8, 4) is 11.5 Å². The lowest BCUT2D eigenvalue weighted by atomic mass is 10.1. The molecule has 0 bridgehead atoms. The number of aryl methyl sites for hydroxylation is 1. The molecular weight excluding hydrogens is 356 g/mol. The van der Waals surface area contributed by atoms with Crippen LogP contribution >= 0.6 is 0 Å². The smallest absolute Gasteiger partial charge is 0.274 e. The van der Waals surface area contributed by atoms with E-state index in [0.29, 0.717) is 17.3 Å². The van der Waals surface area contributed by atoms with Crippen molar-refractivity contribution >= 4 is 23.1 Å². The Labute approximate surface area is 163 Å². The second-order valence-corrected chi connectivity index (χ2v) is 5.99. The zero-order valence-corrected chi connectivity index (χ0v) is 16.0. The summed E-state index contributed by atoms with van der Waals surface area (Å²) in [7, 11) is 3.15. The quantitative estimate of drug-likeness (QED) is 0.645. The van der Waals surface area contributed by atoms with E-state index in [1.807, 2.05) is 30.3 Å². The fourth-order valence-electron chi connectivity index (χ4n) is 2.63. The number of anilines is 3. The van der Waals surface area contributed by atoms with E-state index in [-0.39, 0.29) is 11.6 Å². The van der Waals surface area contributed by atoms with Crippen LogP contribution in [0.25, 0.3) is 0 Å². The fraction of sp³-hybridized carbons (Fsp3) is 0.190. The van der Waals surface area contributed by atoms with E-state index in [1.54, 1.807) is 32.4 Å². The van der Waals surface area contributed by atoms with Gasteiger partial charge in [0.15, 0.2) is 11.5 Å². The number of hydrogen-bond donors (Lipinski definition) is 2. The zero-order chi connectivity index (χ0) is 19.9. The zero-order valence-electron chi connectivity index (χ0n) is 16.0. The molecule has 0 fully saturated rings. The largest absolute Gasteiger partial charge is 0.493 e. The SMILES string of the molecule is CCc1ccc(NC(=O)c2cc(Nc3ccc(OC)c(OC)c3)ncn2)cc1. The van der Waals surface area contributed by atoms with Crippen molar-refractivity contribution in [3.63, 3.8) is 0 Å². The molecule has 0 aliphatic rings. The minimum absolute atomic E-state index is 0.262. The van der Waals surface area contributed by atoms with Gasteiger partial charge in [-0.2, -0.15) is 0 Å². The summed E-state index contributed by atoms with van der Waals surface area (Å²) in [6.07, 6.45) is 2.30. The van der Waals surface area contributed by atoms with Crippen LogP contribution in [0.5, 0.6) is 11.5 Å². The van der Waals surface area contributed by atoms with Gasteiger partial charge in [0.2, 0.25) is 0 Å². The maximum atomic E-state index is 12.5. The summed E-state index contributed by atoms with van der Waals surface area (Å²) in [5.74, 6) is 1.41. The van der Waals surface area contributed by atoms with Gasteiger partial charge in [-0.05, 0) is 36.2 Å². The summed E-state index contributed by atoms with van der Waals surface area (Å²) < 4.78 is 10.5. The lowest BCUT2D eigenvalue weighted by molar-refractivity contribution is 0.102. The van der Waals surface area contributed by atoms with Crippen LogP contribution in [0.3, 0.4) is 0 Å². The molecule has 7 nitrogen and oxygen atoms in total. The number of ether oxygens (including phenoxy) is 2. The maximum absolute atomic E-state index is 12.5.